The Morgan fingerprint density at radius 1 is 1.10 bits per heavy atom. The number of piperidine rings is 2. The average Bonchev–Trinajstić information content (AvgIpc) is 3.53. The molecule has 7 nitrogen and oxygen atoms in total. The predicted molar refractivity (Wildman–Crippen MR) is 122 cm³/mol. The molecule has 1 aliphatic carbocycles. The van der Waals surface area contributed by atoms with Gasteiger partial charge in [-0.25, -0.2) is 4.79 Å². The maximum Gasteiger partial charge on any atom is 0.410 e. The number of amides is 1. The number of likely N-dealkylation sites (tertiary alicyclic amines) is 2. The molecule has 0 radical (unpaired) electrons. The summed E-state index contributed by atoms with van der Waals surface area (Å²) >= 11 is 0. The molecule has 3 rings (SSSR count). The maximum atomic E-state index is 12.4. The molecule has 2 saturated heterocycles. The van der Waals surface area contributed by atoms with E-state index in [2.05, 4.69) is 22.5 Å². The number of ether oxygens (including phenoxy) is 1. The van der Waals surface area contributed by atoms with E-state index < -0.39 is 5.60 Å². The van der Waals surface area contributed by atoms with Crippen molar-refractivity contribution in [2.45, 2.75) is 90.3 Å². The molecule has 3 aliphatic rings. The van der Waals surface area contributed by atoms with E-state index in [1.165, 1.54) is 45.2 Å². The summed E-state index contributed by atoms with van der Waals surface area (Å²) in [4.78, 5) is 21.7. The summed E-state index contributed by atoms with van der Waals surface area (Å²) < 4.78 is 5.55. The van der Waals surface area contributed by atoms with Gasteiger partial charge in [-0.2, -0.15) is 0 Å². The number of hydrogen-bond donors (Lipinski definition) is 2. The van der Waals surface area contributed by atoms with Gasteiger partial charge in [0.05, 0.1) is 0 Å². The summed E-state index contributed by atoms with van der Waals surface area (Å²) in [7, 11) is 0. The molecule has 0 aromatic rings. The molecule has 0 aromatic heterocycles. The first kappa shape index (κ1) is 23.2. The van der Waals surface area contributed by atoms with Crippen LogP contribution in [-0.2, 0) is 4.74 Å². The zero-order valence-corrected chi connectivity index (χ0v) is 19.6. The van der Waals surface area contributed by atoms with Crippen molar-refractivity contribution in [1.29, 1.82) is 0 Å². The van der Waals surface area contributed by atoms with Crippen molar-refractivity contribution in [2.75, 3.05) is 39.3 Å². The highest BCUT2D eigenvalue weighted by molar-refractivity contribution is 5.80. The van der Waals surface area contributed by atoms with Gasteiger partial charge >= 0.3 is 6.09 Å². The molecule has 1 atom stereocenters. The molecule has 3 fully saturated rings. The molecular weight excluding hydrogens is 378 g/mol. The van der Waals surface area contributed by atoms with Gasteiger partial charge in [-0.05, 0) is 78.6 Å². The first-order valence-electron chi connectivity index (χ1n) is 12.1. The summed E-state index contributed by atoms with van der Waals surface area (Å²) in [6.07, 6.45) is 8.25. The smallest absolute Gasteiger partial charge is 0.410 e. The summed E-state index contributed by atoms with van der Waals surface area (Å²) in [5.74, 6) is 1.45. The number of carbonyl (C=O) groups excluding carboxylic acids is 1. The van der Waals surface area contributed by atoms with Crippen LogP contribution in [0.2, 0.25) is 0 Å². The Bertz CT molecular complexity index is 577. The number of nitrogens with zero attached hydrogens (tertiary/aromatic N) is 3. The summed E-state index contributed by atoms with van der Waals surface area (Å²) in [6, 6.07) is 1.40. The molecule has 172 valence electrons. The summed E-state index contributed by atoms with van der Waals surface area (Å²) in [6.45, 7) is 13.6. The number of rotatable bonds is 6. The molecule has 2 aliphatic heterocycles. The van der Waals surface area contributed by atoms with Crippen LogP contribution in [0.5, 0.6) is 0 Å². The van der Waals surface area contributed by atoms with Crippen LogP contribution in [0.4, 0.5) is 4.79 Å². The van der Waals surface area contributed by atoms with Gasteiger partial charge in [0.25, 0.3) is 0 Å². The minimum Gasteiger partial charge on any atom is -0.444 e. The second kappa shape index (κ2) is 10.7. The molecule has 1 amide bonds. The van der Waals surface area contributed by atoms with E-state index in [1.807, 2.05) is 25.7 Å². The van der Waals surface area contributed by atoms with E-state index in [4.69, 9.17) is 9.73 Å². The van der Waals surface area contributed by atoms with E-state index in [9.17, 15) is 4.79 Å². The van der Waals surface area contributed by atoms with Crippen molar-refractivity contribution < 1.29 is 9.53 Å². The Balaban J connectivity index is 1.41. The second-order valence-electron chi connectivity index (χ2n) is 10.2. The fourth-order valence-electron chi connectivity index (χ4n) is 4.51. The van der Waals surface area contributed by atoms with Crippen LogP contribution >= 0.6 is 0 Å². The van der Waals surface area contributed by atoms with Crippen molar-refractivity contribution in [3.63, 3.8) is 0 Å². The Labute approximate surface area is 183 Å². The van der Waals surface area contributed by atoms with Gasteiger partial charge in [-0.3, -0.25) is 4.99 Å². The lowest BCUT2D eigenvalue weighted by atomic mass is 9.95. The summed E-state index contributed by atoms with van der Waals surface area (Å²) in [5, 5.41) is 7.06. The van der Waals surface area contributed by atoms with Crippen molar-refractivity contribution in [3.05, 3.63) is 0 Å². The Hall–Kier alpha value is -1.50. The van der Waals surface area contributed by atoms with Crippen LogP contribution in [0.3, 0.4) is 0 Å². The minimum atomic E-state index is -0.435. The highest BCUT2D eigenvalue weighted by Gasteiger charge is 2.32. The Morgan fingerprint density at radius 2 is 1.83 bits per heavy atom. The first-order chi connectivity index (χ1) is 14.3. The number of hydrogen-bond acceptors (Lipinski definition) is 4. The minimum absolute atomic E-state index is 0.178. The van der Waals surface area contributed by atoms with Crippen LogP contribution in [0, 0.1) is 5.92 Å². The van der Waals surface area contributed by atoms with Crippen LogP contribution in [0.25, 0.3) is 0 Å². The molecule has 2 N–H and O–H groups in total. The molecule has 2 heterocycles. The van der Waals surface area contributed by atoms with Gasteiger partial charge in [-0.15, -0.1) is 0 Å². The molecule has 1 unspecified atom stereocenters. The average molecular weight is 422 g/mol. The predicted octanol–water partition coefficient (Wildman–Crippen LogP) is 3.21. The van der Waals surface area contributed by atoms with Gasteiger partial charge in [0.1, 0.15) is 5.60 Å². The van der Waals surface area contributed by atoms with Crippen LogP contribution < -0.4 is 10.6 Å². The van der Waals surface area contributed by atoms with E-state index in [0.29, 0.717) is 12.0 Å². The third kappa shape index (κ3) is 7.64. The standard InChI is InChI=1S/C23H43N5O2/c1-5-24-21(26-19-11-15-27(16-12-19)20-8-9-20)25-13-10-18-7-6-14-28(17-18)22(29)30-23(2,3)4/h18-20H,5-17H2,1-4H3,(H2,24,25,26). The second-order valence-corrected chi connectivity index (χ2v) is 10.2. The molecule has 7 heteroatoms. The zero-order chi connectivity index (χ0) is 21.6. The molecular formula is C23H43N5O2. The van der Waals surface area contributed by atoms with Gasteiger partial charge in [-0.1, -0.05) is 0 Å². The fourth-order valence-corrected chi connectivity index (χ4v) is 4.51. The quantitative estimate of drug-likeness (QED) is 0.509. The Kier molecular flexibility index (Phi) is 8.26. The lowest BCUT2D eigenvalue weighted by Gasteiger charge is -2.34. The number of aliphatic imine (C=N–C) groups is 1. The monoisotopic (exact) mass is 421 g/mol. The first-order valence-corrected chi connectivity index (χ1v) is 12.1. The largest absolute Gasteiger partial charge is 0.444 e. The van der Waals surface area contributed by atoms with Gasteiger partial charge < -0.3 is 25.2 Å². The molecule has 0 bridgehead atoms. The van der Waals surface area contributed by atoms with Gasteiger partial charge in [0.15, 0.2) is 5.96 Å². The SMILES string of the molecule is CCNC(=NCCC1CCCN(C(=O)OC(C)(C)C)C1)NC1CCN(C2CC2)CC1. The van der Waals surface area contributed by atoms with Crippen LogP contribution in [-0.4, -0.2) is 78.8 Å². The van der Waals surface area contributed by atoms with Crippen LogP contribution in [0.1, 0.15) is 72.6 Å². The van der Waals surface area contributed by atoms with E-state index in [1.54, 1.807) is 0 Å². The molecule has 0 spiro atoms. The van der Waals surface area contributed by atoms with E-state index in [-0.39, 0.29) is 6.09 Å². The third-order valence-electron chi connectivity index (χ3n) is 6.26. The number of guanidine groups is 1. The number of carbonyl (C=O) groups is 1. The topological polar surface area (TPSA) is 69.2 Å². The maximum absolute atomic E-state index is 12.4. The molecule has 30 heavy (non-hydrogen) atoms. The third-order valence-corrected chi connectivity index (χ3v) is 6.26. The highest BCUT2D eigenvalue weighted by atomic mass is 16.6. The van der Waals surface area contributed by atoms with Crippen molar-refractivity contribution in [2.24, 2.45) is 10.9 Å². The van der Waals surface area contributed by atoms with E-state index >= 15 is 0 Å². The zero-order valence-electron chi connectivity index (χ0n) is 19.6. The van der Waals surface area contributed by atoms with Crippen molar-refractivity contribution in [1.82, 2.24) is 20.4 Å². The summed E-state index contributed by atoms with van der Waals surface area (Å²) in [5.41, 5.74) is -0.435. The molecule has 0 aromatic carbocycles. The van der Waals surface area contributed by atoms with Crippen LogP contribution in [0.15, 0.2) is 4.99 Å². The lowest BCUT2D eigenvalue weighted by Crippen LogP contribution is -2.49. The normalized spacial score (nSPS) is 24.6. The fraction of sp³-hybridized carbons (Fsp3) is 0.913. The van der Waals surface area contributed by atoms with Crippen molar-refractivity contribution in [3.8, 4) is 0 Å². The molecule has 1 saturated carbocycles. The highest BCUT2D eigenvalue weighted by Crippen LogP contribution is 2.29. The number of nitrogens with one attached hydrogen (secondary N) is 2. The van der Waals surface area contributed by atoms with E-state index in [0.717, 1.165) is 51.0 Å². The lowest BCUT2D eigenvalue weighted by molar-refractivity contribution is 0.0163. The van der Waals surface area contributed by atoms with Gasteiger partial charge in [0.2, 0.25) is 0 Å². The van der Waals surface area contributed by atoms with Gasteiger partial charge in [0, 0.05) is 51.4 Å². The van der Waals surface area contributed by atoms with Crippen molar-refractivity contribution >= 4 is 12.1 Å². The Morgan fingerprint density at radius 3 is 2.47 bits per heavy atom.